The second kappa shape index (κ2) is 7.98. The third-order valence-corrected chi connectivity index (χ3v) is 5.82. The maximum Gasteiger partial charge on any atom is 0.265 e. The minimum absolute atomic E-state index is 0.0115. The molecule has 9 heteroatoms. The Hall–Kier alpha value is -2.48. The normalized spacial score (nSPS) is 18.9. The van der Waals surface area contributed by atoms with Crippen LogP contribution in [0, 0.1) is 0 Å². The molecule has 30 heavy (non-hydrogen) atoms. The fraction of sp³-hybridized carbons (Fsp3) is 0.333. The average Bonchev–Trinajstić information content (AvgIpc) is 3.16. The molecule has 1 fully saturated rings. The number of amides is 1. The highest BCUT2D eigenvalue weighted by molar-refractivity contribution is 6.36. The van der Waals surface area contributed by atoms with E-state index in [0.29, 0.717) is 60.8 Å². The molecule has 1 saturated heterocycles. The summed E-state index contributed by atoms with van der Waals surface area (Å²) in [4.78, 5) is 21.6. The largest absolute Gasteiger partial charge is 0.477 e. The number of imidazole rings is 1. The number of benzene rings is 1. The van der Waals surface area contributed by atoms with Gasteiger partial charge in [-0.2, -0.15) is 0 Å². The van der Waals surface area contributed by atoms with Gasteiger partial charge in [-0.1, -0.05) is 35.3 Å². The Morgan fingerprint density at radius 1 is 1.17 bits per heavy atom. The van der Waals surface area contributed by atoms with Gasteiger partial charge in [0.2, 0.25) is 0 Å². The smallest absolute Gasteiger partial charge is 0.265 e. The van der Waals surface area contributed by atoms with E-state index in [1.165, 1.54) is 0 Å². The summed E-state index contributed by atoms with van der Waals surface area (Å²) in [6.45, 7) is 3.25. The van der Waals surface area contributed by atoms with E-state index in [4.69, 9.17) is 32.7 Å². The highest BCUT2D eigenvalue weighted by atomic mass is 35.5. The van der Waals surface area contributed by atoms with Crippen molar-refractivity contribution in [1.82, 2.24) is 14.3 Å². The Morgan fingerprint density at radius 2 is 1.97 bits per heavy atom. The fourth-order valence-corrected chi connectivity index (χ4v) is 4.45. The van der Waals surface area contributed by atoms with Crippen LogP contribution in [-0.4, -0.2) is 59.1 Å². The third kappa shape index (κ3) is 3.69. The Labute approximate surface area is 183 Å². The Bertz CT molecular complexity index is 1100. The van der Waals surface area contributed by atoms with Crippen LogP contribution in [0.25, 0.3) is 5.65 Å². The molecule has 3 aromatic rings. The lowest BCUT2D eigenvalue weighted by molar-refractivity contribution is -0.142. The molecule has 1 amide bonds. The highest BCUT2D eigenvalue weighted by Crippen LogP contribution is 2.34. The van der Waals surface area contributed by atoms with Gasteiger partial charge in [-0.15, -0.1) is 0 Å². The second-order valence-corrected chi connectivity index (χ2v) is 8.21. The van der Waals surface area contributed by atoms with E-state index in [9.17, 15) is 4.79 Å². The first kappa shape index (κ1) is 19.5. The maximum absolute atomic E-state index is 13.1. The van der Waals surface area contributed by atoms with E-state index >= 15 is 0 Å². The first-order valence-electron chi connectivity index (χ1n) is 9.78. The number of para-hydroxylation sites is 2. The lowest BCUT2D eigenvalue weighted by Crippen LogP contribution is -2.52. The molecule has 2 aliphatic heterocycles. The molecule has 0 saturated carbocycles. The van der Waals surface area contributed by atoms with Crippen molar-refractivity contribution in [3.05, 3.63) is 58.5 Å². The van der Waals surface area contributed by atoms with Crippen molar-refractivity contribution in [2.75, 3.05) is 37.7 Å². The predicted molar refractivity (Wildman–Crippen MR) is 115 cm³/mol. The van der Waals surface area contributed by atoms with Crippen molar-refractivity contribution in [1.29, 1.82) is 0 Å². The van der Waals surface area contributed by atoms with Crippen LogP contribution in [0.5, 0.6) is 5.75 Å². The lowest BCUT2D eigenvalue weighted by Gasteiger charge is -2.38. The summed E-state index contributed by atoms with van der Waals surface area (Å²) in [5.41, 5.74) is 2.41. The predicted octanol–water partition coefficient (Wildman–Crippen LogP) is 3.27. The molecule has 0 bridgehead atoms. The molecule has 4 heterocycles. The SMILES string of the molecule is O=C(C1CN(Cc2cn3cc(Cl)cc(Cl)c3n2)c2ccccc2O1)N1CCOCC1. The summed E-state index contributed by atoms with van der Waals surface area (Å²) in [6.07, 6.45) is 3.11. The van der Waals surface area contributed by atoms with Gasteiger partial charge >= 0.3 is 0 Å². The van der Waals surface area contributed by atoms with E-state index in [2.05, 4.69) is 9.88 Å². The van der Waals surface area contributed by atoms with Crippen LogP contribution in [0.15, 0.2) is 42.7 Å². The van der Waals surface area contributed by atoms with Crippen molar-refractivity contribution in [3.63, 3.8) is 0 Å². The Kier molecular flexibility index (Phi) is 5.18. The van der Waals surface area contributed by atoms with E-state index in [1.807, 2.05) is 39.8 Å². The number of nitrogens with zero attached hydrogens (tertiary/aromatic N) is 4. The number of rotatable bonds is 3. The molecular formula is C21H20Cl2N4O3. The van der Waals surface area contributed by atoms with Crippen LogP contribution >= 0.6 is 23.2 Å². The molecule has 2 aromatic heterocycles. The van der Waals surface area contributed by atoms with Crippen LogP contribution in [0.3, 0.4) is 0 Å². The number of carbonyl (C=O) groups excluding carboxylic acids is 1. The number of fused-ring (bicyclic) bond motifs is 2. The minimum atomic E-state index is -0.576. The Balaban J connectivity index is 1.43. The summed E-state index contributed by atoms with van der Waals surface area (Å²) in [6, 6.07) is 9.42. The van der Waals surface area contributed by atoms with Gasteiger partial charge in [0.15, 0.2) is 11.8 Å². The fourth-order valence-electron chi connectivity index (χ4n) is 3.92. The zero-order valence-electron chi connectivity index (χ0n) is 16.1. The van der Waals surface area contributed by atoms with Crippen molar-refractivity contribution in [2.45, 2.75) is 12.6 Å². The quantitative estimate of drug-likeness (QED) is 0.617. The second-order valence-electron chi connectivity index (χ2n) is 7.36. The zero-order chi connectivity index (χ0) is 20.7. The summed E-state index contributed by atoms with van der Waals surface area (Å²) in [7, 11) is 0. The van der Waals surface area contributed by atoms with E-state index in [1.54, 1.807) is 12.3 Å². The van der Waals surface area contributed by atoms with Crippen LogP contribution in [0.2, 0.25) is 10.0 Å². The third-order valence-electron chi connectivity index (χ3n) is 5.34. The summed E-state index contributed by atoms with van der Waals surface area (Å²) >= 11 is 12.4. The van der Waals surface area contributed by atoms with Gasteiger partial charge < -0.3 is 23.7 Å². The number of carbonyl (C=O) groups is 1. The lowest BCUT2D eigenvalue weighted by atomic mass is 10.1. The molecule has 5 rings (SSSR count). The summed E-state index contributed by atoms with van der Waals surface area (Å²) < 4.78 is 13.3. The van der Waals surface area contributed by atoms with Gasteiger partial charge in [0.1, 0.15) is 5.75 Å². The van der Waals surface area contributed by atoms with Crippen LogP contribution in [0.4, 0.5) is 5.69 Å². The van der Waals surface area contributed by atoms with Gasteiger partial charge in [-0.05, 0) is 18.2 Å². The summed E-state index contributed by atoms with van der Waals surface area (Å²) in [5.74, 6) is 0.683. The molecule has 0 spiro atoms. The molecule has 0 radical (unpaired) electrons. The van der Waals surface area contributed by atoms with Crippen molar-refractivity contribution >= 4 is 40.4 Å². The van der Waals surface area contributed by atoms with Crippen molar-refractivity contribution < 1.29 is 14.3 Å². The first-order valence-corrected chi connectivity index (χ1v) is 10.5. The maximum atomic E-state index is 13.1. The molecule has 0 aliphatic carbocycles. The van der Waals surface area contributed by atoms with E-state index < -0.39 is 6.10 Å². The van der Waals surface area contributed by atoms with Crippen molar-refractivity contribution in [2.24, 2.45) is 0 Å². The molecule has 1 aromatic carbocycles. The van der Waals surface area contributed by atoms with E-state index in [-0.39, 0.29) is 5.91 Å². The van der Waals surface area contributed by atoms with Gasteiger partial charge in [-0.25, -0.2) is 4.98 Å². The van der Waals surface area contributed by atoms with Gasteiger partial charge in [0, 0.05) is 25.5 Å². The number of anilines is 1. The average molecular weight is 447 g/mol. The number of hydrogen-bond donors (Lipinski definition) is 0. The molecule has 2 aliphatic rings. The number of aromatic nitrogens is 2. The van der Waals surface area contributed by atoms with Crippen molar-refractivity contribution in [3.8, 4) is 5.75 Å². The highest BCUT2D eigenvalue weighted by Gasteiger charge is 2.34. The van der Waals surface area contributed by atoms with Gasteiger partial charge in [0.05, 0.1) is 47.7 Å². The number of pyridine rings is 1. The molecule has 156 valence electrons. The van der Waals surface area contributed by atoms with Crippen LogP contribution in [-0.2, 0) is 16.1 Å². The minimum Gasteiger partial charge on any atom is -0.477 e. The van der Waals surface area contributed by atoms with Crippen LogP contribution < -0.4 is 9.64 Å². The molecule has 0 N–H and O–H groups in total. The standard InChI is InChI=1S/C21H20Cl2N4O3/c22-14-9-16(23)20-24-15(12-27(20)10-14)11-26-13-19(21(28)25-5-7-29-8-6-25)30-18-4-2-1-3-17(18)26/h1-4,9-10,12,19H,5-8,11,13H2. The van der Waals surface area contributed by atoms with E-state index in [0.717, 1.165) is 11.4 Å². The molecule has 1 unspecified atom stereocenters. The van der Waals surface area contributed by atoms with Gasteiger partial charge in [-0.3, -0.25) is 4.79 Å². The molecular weight excluding hydrogens is 427 g/mol. The van der Waals surface area contributed by atoms with Gasteiger partial charge in [0.25, 0.3) is 5.91 Å². The summed E-state index contributed by atoms with van der Waals surface area (Å²) in [5, 5.41) is 1.04. The number of ether oxygens (including phenoxy) is 2. The Morgan fingerprint density at radius 3 is 2.80 bits per heavy atom. The molecule has 7 nitrogen and oxygen atoms in total. The monoisotopic (exact) mass is 446 g/mol. The number of hydrogen-bond acceptors (Lipinski definition) is 5. The number of halogens is 2. The first-order chi connectivity index (χ1) is 14.6. The topological polar surface area (TPSA) is 59.3 Å². The molecule has 1 atom stereocenters. The zero-order valence-corrected chi connectivity index (χ0v) is 17.6. The number of morpholine rings is 1. The van der Waals surface area contributed by atoms with Crippen LogP contribution in [0.1, 0.15) is 5.69 Å².